The van der Waals surface area contributed by atoms with E-state index in [9.17, 15) is 34.5 Å². The number of carbonyl (C=O) groups excluding carboxylic acids is 3. The summed E-state index contributed by atoms with van der Waals surface area (Å²) in [5.74, 6) is -3.21. The van der Waals surface area contributed by atoms with E-state index in [1.54, 1.807) is 0 Å². The van der Waals surface area contributed by atoms with Gasteiger partial charge in [0.1, 0.15) is 18.8 Å². The second-order valence-electron chi connectivity index (χ2n) is 20.9. The summed E-state index contributed by atoms with van der Waals surface area (Å²) in [6, 6.07) is 0. The van der Waals surface area contributed by atoms with Gasteiger partial charge in [0.2, 0.25) is 0 Å². The Morgan fingerprint density at radius 2 is 0.778 bits per heavy atom. The molecule has 12 heteroatoms. The Balaban J connectivity index is 2.72. The Bertz CT molecular complexity index is 1870. The van der Waals surface area contributed by atoms with Crippen molar-refractivity contribution in [2.24, 2.45) is 0 Å². The van der Waals surface area contributed by atoms with E-state index in [0.29, 0.717) is 19.3 Å². The Labute approximate surface area is 490 Å². The Hall–Kier alpha value is -4.88. The van der Waals surface area contributed by atoms with Crippen LogP contribution >= 0.6 is 0 Å². The van der Waals surface area contributed by atoms with Gasteiger partial charge in [-0.3, -0.25) is 14.4 Å². The molecular formula is C69H110O12. The smallest absolute Gasteiger partial charge is 0.335 e. The number of carboxylic acids is 1. The second kappa shape index (κ2) is 55.6. The minimum atomic E-state index is -1.92. The number of aliphatic carboxylic acids is 1. The summed E-state index contributed by atoms with van der Waals surface area (Å²) in [6.07, 6.45) is 64.4. The van der Waals surface area contributed by atoms with Crippen LogP contribution in [0.15, 0.2) is 122 Å². The number of rotatable bonds is 52. The maximum atomic E-state index is 13.2. The van der Waals surface area contributed by atoms with Gasteiger partial charge in [0, 0.05) is 19.3 Å². The molecule has 0 saturated carbocycles. The van der Waals surface area contributed by atoms with Gasteiger partial charge >= 0.3 is 23.9 Å². The number of hydrogen-bond donors (Lipinski definition) is 3. The third-order valence-corrected chi connectivity index (χ3v) is 13.5. The van der Waals surface area contributed by atoms with Crippen molar-refractivity contribution in [3.8, 4) is 0 Å². The minimum absolute atomic E-state index is 0.0306. The second-order valence-corrected chi connectivity index (χ2v) is 20.9. The van der Waals surface area contributed by atoms with Crippen LogP contribution in [0.4, 0.5) is 0 Å². The zero-order valence-corrected chi connectivity index (χ0v) is 50.5. The Morgan fingerprint density at radius 3 is 1.20 bits per heavy atom. The van der Waals surface area contributed by atoms with Crippen molar-refractivity contribution >= 4 is 23.9 Å². The van der Waals surface area contributed by atoms with Gasteiger partial charge in [0.15, 0.2) is 24.6 Å². The van der Waals surface area contributed by atoms with Crippen LogP contribution in [0, 0.1) is 0 Å². The van der Waals surface area contributed by atoms with E-state index >= 15 is 0 Å². The van der Waals surface area contributed by atoms with Crippen LogP contribution in [0.3, 0.4) is 0 Å². The van der Waals surface area contributed by atoms with E-state index in [2.05, 4.69) is 142 Å². The van der Waals surface area contributed by atoms with Crippen LogP contribution < -0.4 is 0 Å². The average molecular weight is 1130 g/mol. The molecule has 81 heavy (non-hydrogen) atoms. The molecule has 1 heterocycles. The molecule has 3 N–H and O–H groups in total. The van der Waals surface area contributed by atoms with Gasteiger partial charge in [0.25, 0.3) is 0 Å². The molecule has 6 unspecified atom stereocenters. The lowest BCUT2D eigenvalue weighted by Gasteiger charge is -2.40. The maximum absolute atomic E-state index is 13.2. The molecule has 0 radical (unpaired) electrons. The highest BCUT2D eigenvalue weighted by molar-refractivity contribution is 5.74. The van der Waals surface area contributed by atoms with E-state index in [-0.39, 0.29) is 25.9 Å². The van der Waals surface area contributed by atoms with Crippen LogP contribution in [0.5, 0.6) is 0 Å². The first-order chi connectivity index (χ1) is 39.6. The van der Waals surface area contributed by atoms with Crippen LogP contribution in [0.25, 0.3) is 0 Å². The van der Waals surface area contributed by atoms with Crippen molar-refractivity contribution in [1.29, 1.82) is 0 Å². The zero-order valence-electron chi connectivity index (χ0n) is 50.5. The van der Waals surface area contributed by atoms with Crippen LogP contribution in [0.2, 0.25) is 0 Å². The summed E-state index contributed by atoms with van der Waals surface area (Å²) >= 11 is 0. The number of unbranched alkanes of at least 4 members (excludes halogenated alkanes) is 18. The number of hydrogen-bond acceptors (Lipinski definition) is 11. The Kier molecular flexibility index (Phi) is 50.9. The molecule has 0 aromatic heterocycles. The number of esters is 3. The molecule has 458 valence electrons. The molecule has 0 spiro atoms. The monoisotopic (exact) mass is 1130 g/mol. The SMILES string of the molecule is CC/C=C\C/C=C\C/C=C\C/C=C\C/C=C\CCCCCC(=O)OCC(COC1OC(C(=O)O)C(O)C(O)C1OC(=O)CCCCCCC/C=C\C/C=C\C/C=C\CC)OC(=O)CCCCCCCCC/C=C\C/C=C\CCCCC. The largest absolute Gasteiger partial charge is 0.479 e. The number of carboxylic acid groups (broad SMARTS) is 1. The van der Waals surface area contributed by atoms with Crippen molar-refractivity contribution in [3.63, 3.8) is 0 Å². The predicted octanol–water partition coefficient (Wildman–Crippen LogP) is 16.8. The van der Waals surface area contributed by atoms with Gasteiger partial charge in [-0.2, -0.15) is 0 Å². The number of allylic oxidation sites excluding steroid dienone is 20. The lowest BCUT2D eigenvalue weighted by Crippen LogP contribution is -2.61. The lowest BCUT2D eigenvalue weighted by molar-refractivity contribution is -0.301. The number of carbonyl (C=O) groups is 4. The van der Waals surface area contributed by atoms with Gasteiger partial charge in [-0.25, -0.2) is 4.79 Å². The van der Waals surface area contributed by atoms with Crippen LogP contribution in [0.1, 0.15) is 239 Å². The van der Waals surface area contributed by atoms with Gasteiger partial charge in [-0.1, -0.05) is 213 Å². The summed E-state index contributed by atoms with van der Waals surface area (Å²) in [4.78, 5) is 51.3. The van der Waals surface area contributed by atoms with E-state index < -0.39 is 67.3 Å². The molecule has 0 bridgehead atoms. The molecular weight excluding hydrogens is 1020 g/mol. The molecule has 6 atom stereocenters. The Morgan fingerprint density at radius 1 is 0.420 bits per heavy atom. The molecule has 0 amide bonds. The van der Waals surface area contributed by atoms with Crippen LogP contribution in [-0.4, -0.2) is 89.2 Å². The highest BCUT2D eigenvalue weighted by Crippen LogP contribution is 2.26. The number of ether oxygens (including phenoxy) is 5. The predicted molar refractivity (Wildman–Crippen MR) is 330 cm³/mol. The molecule has 1 aliphatic heterocycles. The molecule has 0 aromatic rings. The standard InChI is InChI=1S/C69H110O12/c1-4-7-10-13-16-19-22-25-28-30-31-33-35-37-40-43-46-49-52-55-61(70)77-58-60(79-62(71)56-53-50-47-44-41-39-36-32-29-26-23-20-17-14-11-8-5-2)59-78-69-67(65(74)64(73)66(81-69)68(75)76)80-63(72)57-54-51-48-45-42-38-34-27-24-21-18-15-12-9-6-3/h7,9-10,12,16-21,25-29,31,33-34,37,40,60,64-67,69,73-74H,4-6,8,11,13-15,22-24,30,32,35-36,38-39,41-59H2,1-3H3,(H,75,76)/b10-7-,12-9-,19-16-,20-17-,21-18-,28-25-,29-26-,33-31-,34-27-,40-37-. The van der Waals surface area contributed by atoms with Gasteiger partial charge in [-0.05, 0) is 128 Å². The molecule has 1 fully saturated rings. The quantitative estimate of drug-likeness (QED) is 0.0228. The van der Waals surface area contributed by atoms with E-state index in [1.165, 1.54) is 19.3 Å². The van der Waals surface area contributed by atoms with Gasteiger partial charge in [-0.15, -0.1) is 0 Å². The fraction of sp³-hybridized carbons (Fsp3) is 0.652. The fourth-order valence-corrected chi connectivity index (χ4v) is 8.73. The number of aliphatic hydroxyl groups is 2. The first-order valence-electron chi connectivity index (χ1n) is 31.5. The fourth-order valence-electron chi connectivity index (χ4n) is 8.73. The summed E-state index contributed by atoms with van der Waals surface area (Å²) in [5.41, 5.74) is 0. The van der Waals surface area contributed by atoms with Crippen molar-refractivity contribution in [2.75, 3.05) is 13.2 Å². The van der Waals surface area contributed by atoms with Crippen LogP contribution in [-0.2, 0) is 42.9 Å². The van der Waals surface area contributed by atoms with Crippen molar-refractivity contribution in [2.45, 2.75) is 276 Å². The molecule has 0 aliphatic carbocycles. The first-order valence-corrected chi connectivity index (χ1v) is 31.5. The van der Waals surface area contributed by atoms with Crippen molar-refractivity contribution < 1.29 is 58.2 Å². The van der Waals surface area contributed by atoms with Crippen molar-refractivity contribution in [3.05, 3.63) is 122 Å². The molecule has 0 aromatic carbocycles. The average Bonchev–Trinajstić information content (AvgIpc) is 3.53. The molecule has 1 rings (SSSR count). The summed E-state index contributed by atoms with van der Waals surface area (Å²) in [5, 5.41) is 31.6. The van der Waals surface area contributed by atoms with Crippen molar-refractivity contribution in [1.82, 2.24) is 0 Å². The highest BCUT2D eigenvalue weighted by atomic mass is 16.7. The van der Waals surface area contributed by atoms with Gasteiger partial charge < -0.3 is 39.0 Å². The third-order valence-electron chi connectivity index (χ3n) is 13.5. The highest BCUT2D eigenvalue weighted by Gasteiger charge is 2.50. The topological polar surface area (TPSA) is 175 Å². The molecule has 1 saturated heterocycles. The summed E-state index contributed by atoms with van der Waals surface area (Å²) in [7, 11) is 0. The normalized spacial score (nSPS) is 18.6. The van der Waals surface area contributed by atoms with E-state index in [1.807, 2.05) is 0 Å². The molecule has 1 aliphatic rings. The minimum Gasteiger partial charge on any atom is -0.479 e. The summed E-state index contributed by atoms with van der Waals surface area (Å²) in [6.45, 7) is 5.70. The van der Waals surface area contributed by atoms with E-state index in [4.69, 9.17) is 23.7 Å². The third kappa shape index (κ3) is 45.3. The number of aliphatic hydroxyl groups excluding tert-OH is 2. The first kappa shape index (κ1) is 74.1. The van der Waals surface area contributed by atoms with Gasteiger partial charge in [0.05, 0.1) is 6.61 Å². The van der Waals surface area contributed by atoms with E-state index in [0.717, 1.165) is 161 Å². The maximum Gasteiger partial charge on any atom is 0.335 e. The lowest BCUT2D eigenvalue weighted by atomic mass is 9.98. The molecule has 12 nitrogen and oxygen atoms in total. The summed E-state index contributed by atoms with van der Waals surface area (Å²) < 4.78 is 28.5. The zero-order chi connectivity index (χ0) is 58.9.